The van der Waals surface area contributed by atoms with E-state index in [0.717, 1.165) is 10.0 Å². The van der Waals surface area contributed by atoms with E-state index in [1.807, 2.05) is 30.3 Å². The van der Waals surface area contributed by atoms with Crippen LogP contribution >= 0.6 is 15.9 Å². The van der Waals surface area contributed by atoms with Gasteiger partial charge in [0.05, 0.1) is 11.9 Å². The van der Waals surface area contributed by atoms with E-state index in [-0.39, 0.29) is 25.5 Å². The number of halogens is 1. The van der Waals surface area contributed by atoms with Crippen molar-refractivity contribution in [3.8, 4) is 0 Å². The Balaban J connectivity index is 1.61. The minimum absolute atomic E-state index is 0.105. The molecule has 3 rings (SSSR count). The molecule has 0 bridgehead atoms. The van der Waals surface area contributed by atoms with Crippen LogP contribution in [0.15, 0.2) is 62.2 Å². The molecule has 3 aromatic rings. The molecule has 0 aliphatic rings. The van der Waals surface area contributed by atoms with E-state index in [4.69, 9.17) is 9.15 Å². The number of carbonyl (C=O) groups is 1. The van der Waals surface area contributed by atoms with E-state index in [1.165, 1.54) is 4.57 Å². The van der Waals surface area contributed by atoms with Crippen LogP contribution in [0, 0.1) is 0 Å². The lowest BCUT2D eigenvalue weighted by Gasteiger charge is -2.07. The van der Waals surface area contributed by atoms with E-state index < -0.39 is 5.76 Å². The van der Waals surface area contributed by atoms with Crippen molar-refractivity contribution >= 4 is 33.0 Å². The van der Waals surface area contributed by atoms with Crippen LogP contribution in [0.1, 0.15) is 12.0 Å². The molecule has 5 nitrogen and oxygen atoms in total. The Bertz CT molecular complexity index is 897. The van der Waals surface area contributed by atoms with Crippen molar-refractivity contribution in [3.05, 3.63) is 69.1 Å². The molecule has 0 amide bonds. The van der Waals surface area contributed by atoms with Crippen molar-refractivity contribution in [3.63, 3.8) is 0 Å². The first-order valence-corrected chi connectivity index (χ1v) is 7.92. The van der Waals surface area contributed by atoms with Gasteiger partial charge in [0, 0.05) is 16.6 Å². The van der Waals surface area contributed by atoms with Crippen LogP contribution < -0.4 is 5.76 Å². The van der Waals surface area contributed by atoms with Crippen molar-refractivity contribution in [2.75, 3.05) is 0 Å². The summed E-state index contributed by atoms with van der Waals surface area (Å²) in [5.41, 5.74) is 2.09. The topological polar surface area (TPSA) is 61.4 Å². The number of benzene rings is 2. The minimum Gasteiger partial charge on any atom is -0.461 e. The first-order valence-electron chi connectivity index (χ1n) is 7.12. The maximum absolute atomic E-state index is 11.9. The number of aryl methyl sites for hydroxylation is 1. The molecule has 1 heterocycles. The van der Waals surface area contributed by atoms with Gasteiger partial charge in [-0.1, -0.05) is 46.3 Å². The van der Waals surface area contributed by atoms with Gasteiger partial charge in [-0.05, 0) is 18.2 Å². The second-order valence-electron chi connectivity index (χ2n) is 4.99. The van der Waals surface area contributed by atoms with E-state index in [9.17, 15) is 9.59 Å². The Morgan fingerprint density at radius 3 is 2.70 bits per heavy atom. The predicted octanol–water partition coefficient (Wildman–Crippen LogP) is 3.49. The monoisotopic (exact) mass is 375 g/mol. The molecule has 0 aliphatic heterocycles. The molecule has 1 aromatic heterocycles. The number of nitrogens with zero attached hydrogens (tertiary/aromatic N) is 1. The maximum atomic E-state index is 11.9. The number of hydrogen-bond donors (Lipinski definition) is 0. The maximum Gasteiger partial charge on any atom is 0.419 e. The summed E-state index contributed by atoms with van der Waals surface area (Å²) in [6.07, 6.45) is 0.105. The molecule has 0 atom stereocenters. The molecule has 0 saturated carbocycles. The Hall–Kier alpha value is -2.34. The van der Waals surface area contributed by atoms with E-state index in [0.29, 0.717) is 11.1 Å². The molecule has 0 spiro atoms. The number of aromatic nitrogens is 1. The molecule has 0 aliphatic carbocycles. The van der Waals surface area contributed by atoms with Gasteiger partial charge in [0.1, 0.15) is 6.61 Å². The van der Waals surface area contributed by atoms with Crippen LogP contribution in [0.3, 0.4) is 0 Å². The van der Waals surface area contributed by atoms with Gasteiger partial charge >= 0.3 is 11.7 Å². The highest BCUT2D eigenvalue weighted by Gasteiger charge is 2.11. The van der Waals surface area contributed by atoms with Crippen molar-refractivity contribution < 1.29 is 13.9 Å². The first kappa shape index (κ1) is 15.6. The van der Waals surface area contributed by atoms with Crippen LogP contribution in [0.25, 0.3) is 11.1 Å². The highest BCUT2D eigenvalue weighted by atomic mass is 79.9. The first-order chi connectivity index (χ1) is 11.1. The molecule has 0 N–H and O–H groups in total. The fourth-order valence-corrected chi connectivity index (χ4v) is 2.67. The third kappa shape index (κ3) is 3.53. The van der Waals surface area contributed by atoms with Crippen molar-refractivity contribution in [2.24, 2.45) is 0 Å². The summed E-state index contributed by atoms with van der Waals surface area (Å²) in [6.45, 7) is 0.423. The number of hydrogen-bond acceptors (Lipinski definition) is 4. The fraction of sp³-hybridized carbons (Fsp3) is 0.176. The van der Waals surface area contributed by atoms with Crippen LogP contribution in [-0.2, 0) is 22.7 Å². The van der Waals surface area contributed by atoms with Crippen LogP contribution in [0.5, 0.6) is 0 Å². The highest BCUT2D eigenvalue weighted by Crippen LogP contribution is 2.17. The lowest BCUT2D eigenvalue weighted by Crippen LogP contribution is -2.17. The lowest BCUT2D eigenvalue weighted by atomic mass is 10.2. The number of oxazole rings is 1. The molecular formula is C17H14BrNO4. The van der Waals surface area contributed by atoms with Crippen molar-refractivity contribution in [2.45, 2.75) is 19.6 Å². The zero-order valence-electron chi connectivity index (χ0n) is 12.2. The normalized spacial score (nSPS) is 10.8. The molecule has 23 heavy (non-hydrogen) atoms. The summed E-state index contributed by atoms with van der Waals surface area (Å²) < 4.78 is 12.7. The Morgan fingerprint density at radius 2 is 1.87 bits per heavy atom. The summed E-state index contributed by atoms with van der Waals surface area (Å²) in [5, 5.41) is 0. The highest BCUT2D eigenvalue weighted by molar-refractivity contribution is 9.10. The van der Waals surface area contributed by atoms with Gasteiger partial charge < -0.3 is 9.15 Å². The van der Waals surface area contributed by atoms with Gasteiger partial charge in [-0.2, -0.15) is 0 Å². The second kappa shape index (κ2) is 6.83. The number of para-hydroxylation sites is 2. The summed E-state index contributed by atoms with van der Waals surface area (Å²) in [4.78, 5) is 23.7. The second-order valence-corrected chi connectivity index (χ2v) is 5.84. The Morgan fingerprint density at radius 1 is 1.13 bits per heavy atom. The van der Waals surface area contributed by atoms with E-state index >= 15 is 0 Å². The third-order valence-corrected chi connectivity index (χ3v) is 4.23. The molecule has 0 unspecified atom stereocenters. The molecule has 0 saturated heterocycles. The van der Waals surface area contributed by atoms with Gasteiger partial charge in [-0.3, -0.25) is 9.36 Å². The number of ether oxygens (including phenoxy) is 1. The average molecular weight is 376 g/mol. The quantitative estimate of drug-likeness (QED) is 0.640. The van der Waals surface area contributed by atoms with Gasteiger partial charge in [0.2, 0.25) is 0 Å². The third-order valence-electron chi connectivity index (χ3n) is 3.46. The number of fused-ring (bicyclic) bond motifs is 1. The largest absolute Gasteiger partial charge is 0.461 e. The summed E-state index contributed by atoms with van der Waals surface area (Å²) in [5.74, 6) is -0.831. The van der Waals surface area contributed by atoms with Crippen molar-refractivity contribution in [1.29, 1.82) is 0 Å². The SMILES string of the molecule is O=C(CCn1c(=O)oc2ccccc21)OCc1ccccc1Br. The van der Waals surface area contributed by atoms with Crippen LogP contribution in [0.2, 0.25) is 0 Å². The van der Waals surface area contributed by atoms with E-state index in [1.54, 1.807) is 18.2 Å². The summed E-state index contributed by atoms with van der Waals surface area (Å²) >= 11 is 3.40. The Labute approximate surface area is 140 Å². The van der Waals surface area contributed by atoms with Crippen molar-refractivity contribution in [1.82, 2.24) is 4.57 Å². The lowest BCUT2D eigenvalue weighted by molar-refractivity contribution is -0.145. The number of rotatable bonds is 5. The van der Waals surface area contributed by atoms with Crippen LogP contribution in [0.4, 0.5) is 0 Å². The number of carbonyl (C=O) groups excluding carboxylic acids is 1. The zero-order chi connectivity index (χ0) is 16.2. The number of esters is 1. The Kier molecular flexibility index (Phi) is 4.62. The molecule has 6 heteroatoms. The van der Waals surface area contributed by atoms with Gasteiger partial charge in [0.15, 0.2) is 5.58 Å². The molecular weight excluding hydrogens is 362 g/mol. The summed E-state index contributed by atoms with van der Waals surface area (Å²) in [6, 6.07) is 14.7. The molecule has 0 radical (unpaired) electrons. The van der Waals surface area contributed by atoms with Gasteiger partial charge in [-0.15, -0.1) is 0 Å². The summed E-state index contributed by atoms with van der Waals surface area (Å²) in [7, 11) is 0. The molecule has 118 valence electrons. The smallest absolute Gasteiger partial charge is 0.419 e. The van der Waals surface area contributed by atoms with E-state index in [2.05, 4.69) is 15.9 Å². The van der Waals surface area contributed by atoms with Gasteiger partial charge in [-0.25, -0.2) is 4.79 Å². The minimum atomic E-state index is -0.468. The standard InChI is InChI=1S/C17H14BrNO4/c18-13-6-2-1-5-12(13)11-22-16(20)9-10-19-14-7-3-4-8-15(14)23-17(19)21/h1-8H,9-11H2. The zero-order valence-corrected chi connectivity index (χ0v) is 13.8. The predicted molar refractivity (Wildman–Crippen MR) is 89.0 cm³/mol. The molecule has 2 aromatic carbocycles. The van der Waals surface area contributed by atoms with Crippen LogP contribution in [-0.4, -0.2) is 10.5 Å². The molecule has 0 fully saturated rings. The fourth-order valence-electron chi connectivity index (χ4n) is 2.27. The van der Waals surface area contributed by atoms with Gasteiger partial charge in [0.25, 0.3) is 0 Å². The average Bonchev–Trinajstić information content (AvgIpc) is 2.87.